The number of carbonyl (C=O) groups excluding carboxylic acids is 1. The minimum Gasteiger partial charge on any atom is -0.289 e. The monoisotopic (exact) mass is 352 g/mol. The third kappa shape index (κ3) is 4.28. The smallest absolute Gasteiger partial charge is 0.289 e. The summed E-state index contributed by atoms with van der Waals surface area (Å²) in [5.41, 5.74) is 2.42. The highest BCUT2D eigenvalue weighted by Gasteiger charge is 2.29. The van der Waals surface area contributed by atoms with E-state index in [1.165, 1.54) is 24.3 Å². The molecule has 3 rings (SSSR count). The SMILES string of the molecule is O=C(C=Cc1ccc(C(F)(F)F)cc1)c1ccc(-c2ccccc2)cc1. The van der Waals surface area contributed by atoms with Crippen molar-refractivity contribution in [1.82, 2.24) is 0 Å². The molecule has 4 heteroatoms. The second-order valence-corrected chi connectivity index (χ2v) is 5.76. The van der Waals surface area contributed by atoms with Crippen LogP contribution < -0.4 is 0 Å². The van der Waals surface area contributed by atoms with E-state index in [1.807, 2.05) is 42.5 Å². The molecule has 3 aromatic carbocycles. The molecule has 26 heavy (non-hydrogen) atoms. The molecule has 0 radical (unpaired) electrons. The molecule has 1 nitrogen and oxygen atoms in total. The summed E-state index contributed by atoms with van der Waals surface area (Å²) in [7, 11) is 0. The number of ketones is 1. The van der Waals surface area contributed by atoms with Crippen LogP contribution in [0, 0.1) is 0 Å². The zero-order valence-corrected chi connectivity index (χ0v) is 13.7. The van der Waals surface area contributed by atoms with E-state index in [9.17, 15) is 18.0 Å². The van der Waals surface area contributed by atoms with Gasteiger partial charge in [0.05, 0.1) is 5.56 Å². The van der Waals surface area contributed by atoms with Crippen molar-refractivity contribution in [2.45, 2.75) is 6.18 Å². The van der Waals surface area contributed by atoms with Gasteiger partial charge in [0.2, 0.25) is 0 Å². The molecule has 3 aromatic rings. The van der Waals surface area contributed by atoms with E-state index in [2.05, 4.69) is 0 Å². The summed E-state index contributed by atoms with van der Waals surface area (Å²) in [5, 5.41) is 0. The van der Waals surface area contributed by atoms with Gasteiger partial charge in [0, 0.05) is 5.56 Å². The molecule has 0 aliphatic carbocycles. The number of rotatable bonds is 4. The molecule has 0 spiro atoms. The van der Waals surface area contributed by atoms with Crippen molar-refractivity contribution in [3.05, 3.63) is 102 Å². The van der Waals surface area contributed by atoms with E-state index >= 15 is 0 Å². The predicted octanol–water partition coefficient (Wildman–Crippen LogP) is 6.27. The van der Waals surface area contributed by atoms with Crippen LogP contribution in [0.3, 0.4) is 0 Å². The first-order chi connectivity index (χ1) is 12.4. The molecule has 0 unspecified atom stereocenters. The summed E-state index contributed by atoms with van der Waals surface area (Å²) in [5.74, 6) is -0.204. The van der Waals surface area contributed by atoms with E-state index < -0.39 is 11.7 Å². The Morgan fingerprint density at radius 3 is 1.88 bits per heavy atom. The van der Waals surface area contributed by atoms with Crippen molar-refractivity contribution in [3.63, 3.8) is 0 Å². The third-order valence-corrected chi connectivity index (χ3v) is 3.94. The first-order valence-electron chi connectivity index (χ1n) is 7.99. The molecule has 0 bridgehead atoms. The number of halogens is 3. The van der Waals surface area contributed by atoms with Crippen molar-refractivity contribution in [1.29, 1.82) is 0 Å². The predicted molar refractivity (Wildman–Crippen MR) is 96.7 cm³/mol. The largest absolute Gasteiger partial charge is 0.416 e. The lowest BCUT2D eigenvalue weighted by atomic mass is 10.0. The lowest BCUT2D eigenvalue weighted by Gasteiger charge is -2.05. The Labute approximate surface area is 149 Å². The molecule has 0 aliphatic heterocycles. The topological polar surface area (TPSA) is 17.1 Å². The molecule has 0 atom stereocenters. The van der Waals surface area contributed by atoms with Gasteiger partial charge in [-0.2, -0.15) is 13.2 Å². The van der Waals surface area contributed by atoms with Crippen LogP contribution in [0.15, 0.2) is 84.9 Å². The lowest BCUT2D eigenvalue weighted by Crippen LogP contribution is -2.04. The van der Waals surface area contributed by atoms with Crippen LogP contribution in [0.4, 0.5) is 13.2 Å². The standard InChI is InChI=1S/C22H15F3O/c23-22(24,25)20-13-6-16(7-14-20)8-15-21(26)19-11-9-18(10-12-19)17-4-2-1-3-5-17/h1-15H. The van der Waals surface area contributed by atoms with Crippen LogP contribution in [-0.2, 0) is 6.18 Å². The lowest BCUT2D eigenvalue weighted by molar-refractivity contribution is -0.137. The number of carbonyl (C=O) groups is 1. The molecular weight excluding hydrogens is 337 g/mol. The Balaban J connectivity index is 1.70. The first kappa shape index (κ1) is 17.7. The molecular formula is C22H15F3O. The van der Waals surface area contributed by atoms with E-state index in [1.54, 1.807) is 12.1 Å². The second-order valence-electron chi connectivity index (χ2n) is 5.76. The van der Waals surface area contributed by atoms with Gasteiger partial charge >= 0.3 is 6.18 Å². The summed E-state index contributed by atoms with van der Waals surface area (Å²) in [4.78, 5) is 12.2. The highest BCUT2D eigenvalue weighted by molar-refractivity contribution is 6.07. The van der Waals surface area contributed by atoms with Crippen LogP contribution in [-0.4, -0.2) is 5.78 Å². The van der Waals surface area contributed by atoms with Crippen LogP contribution in [0.25, 0.3) is 17.2 Å². The Bertz CT molecular complexity index is 906. The zero-order valence-electron chi connectivity index (χ0n) is 13.7. The van der Waals surface area contributed by atoms with E-state index in [0.717, 1.165) is 23.3 Å². The number of hydrogen-bond donors (Lipinski definition) is 0. The highest BCUT2D eigenvalue weighted by atomic mass is 19.4. The molecule has 0 N–H and O–H groups in total. The number of benzene rings is 3. The maximum absolute atomic E-state index is 12.5. The van der Waals surface area contributed by atoms with Crippen LogP contribution in [0.2, 0.25) is 0 Å². The van der Waals surface area contributed by atoms with Gasteiger partial charge in [-0.1, -0.05) is 72.8 Å². The number of allylic oxidation sites excluding steroid dienone is 1. The van der Waals surface area contributed by atoms with Gasteiger partial charge in [-0.05, 0) is 34.9 Å². The maximum atomic E-state index is 12.5. The fraction of sp³-hybridized carbons (Fsp3) is 0.0455. The van der Waals surface area contributed by atoms with Crippen molar-refractivity contribution in [3.8, 4) is 11.1 Å². The Morgan fingerprint density at radius 1 is 0.731 bits per heavy atom. The Morgan fingerprint density at radius 2 is 1.31 bits per heavy atom. The highest BCUT2D eigenvalue weighted by Crippen LogP contribution is 2.29. The molecule has 0 fully saturated rings. The molecule has 0 amide bonds. The molecule has 0 aromatic heterocycles. The Kier molecular flexibility index (Phi) is 5.03. The molecule has 0 heterocycles. The van der Waals surface area contributed by atoms with Gasteiger partial charge < -0.3 is 0 Å². The summed E-state index contributed by atoms with van der Waals surface area (Å²) in [6.45, 7) is 0. The molecule has 0 aliphatic rings. The molecule has 130 valence electrons. The van der Waals surface area contributed by atoms with Gasteiger partial charge in [0.1, 0.15) is 0 Å². The second kappa shape index (κ2) is 7.40. The maximum Gasteiger partial charge on any atom is 0.416 e. The normalized spacial score (nSPS) is 11.7. The van der Waals surface area contributed by atoms with E-state index in [-0.39, 0.29) is 5.78 Å². The molecule has 0 saturated carbocycles. The van der Waals surface area contributed by atoms with Gasteiger partial charge in [0.15, 0.2) is 5.78 Å². The van der Waals surface area contributed by atoms with Crippen LogP contribution in [0.1, 0.15) is 21.5 Å². The van der Waals surface area contributed by atoms with Crippen molar-refractivity contribution in [2.24, 2.45) is 0 Å². The van der Waals surface area contributed by atoms with E-state index in [4.69, 9.17) is 0 Å². The summed E-state index contributed by atoms with van der Waals surface area (Å²) < 4.78 is 37.6. The van der Waals surface area contributed by atoms with E-state index in [0.29, 0.717) is 11.1 Å². The fourth-order valence-electron chi connectivity index (χ4n) is 2.51. The molecule has 0 saturated heterocycles. The quantitative estimate of drug-likeness (QED) is 0.399. The van der Waals surface area contributed by atoms with Crippen molar-refractivity contribution in [2.75, 3.05) is 0 Å². The van der Waals surface area contributed by atoms with Crippen molar-refractivity contribution >= 4 is 11.9 Å². The van der Waals surface area contributed by atoms with Crippen LogP contribution >= 0.6 is 0 Å². The van der Waals surface area contributed by atoms with Gasteiger partial charge in [-0.15, -0.1) is 0 Å². The minimum absolute atomic E-state index is 0.204. The summed E-state index contributed by atoms with van der Waals surface area (Å²) >= 11 is 0. The average Bonchev–Trinajstić information content (AvgIpc) is 2.66. The summed E-state index contributed by atoms with van der Waals surface area (Å²) in [6.07, 6.45) is -1.49. The van der Waals surface area contributed by atoms with Gasteiger partial charge in [-0.3, -0.25) is 4.79 Å². The van der Waals surface area contributed by atoms with Crippen LogP contribution in [0.5, 0.6) is 0 Å². The van der Waals surface area contributed by atoms with Crippen molar-refractivity contribution < 1.29 is 18.0 Å². The third-order valence-electron chi connectivity index (χ3n) is 3.94. The first-order valence-corrected chi connectivity index (χ1v) is 7.99. The summed E-state index contributed by atoms with van der Waals surface area (Å²) in [6, 6.07) is 21.7. The van der Waals surface area contributed by atoms with Gasteiger partial charge in [0.25, 0.3) is 0 Å². The fourth-order valence-corrected chi connectivity index (χ4v) is 2.51. The Hall–Kier alpha value is -3.14. The average molecular weight is 352 g/mol. The number of hydrogen-bond acceptors (Lipinski definition) is 1. The zero-order chi connectivity index (χ0) is 18.6. The minimum atomic E-state index is -4.36. The number of alkyl halides is 3. The van der Waals surface area contributed by atoms with Gasteiger partial charge in [-0.25, -0.2) is 0 Å².